The van der Waals surface area contributed by atoms with Gasteiger partial charge in [-0.25, -0.2) is 13.1 Å². The number of carbonyl (C=O) groups is 1. The molecule has 0 fully saturated rings. The van der Waals surface area contributed by atoms with Crippen LogP contribution in [-0.4, -0.2) is 41.1 Å². The summed E-state index contributed by atoms with van der Waals surface area (Å²) in [5.74, 6) is 0.0336. The van der Waals surface area contributed by atoms with Gasteiger partial charge in [0.2, 0.25) is 10.0 Å². The molecule has 0 aromatic heterocycles. The number of carbonyl (C=O) groups excluding carboxylic acids is 1. The van der Waals surface area contributed by atoms with E-state index in [1.54, 1.807) is 13.0 Å². The molecule has 2 aromatic rings. The van der Waals surface area contributed by atoms with Crippen LogP contribution in [0.1, 0.15) is 45.8 Å². The first-order valence-corrected chi connectivity index (χ1v) is 11.4. The maximum absolute atomic E-state index is 12.8. The van der Waals surface area contributed by atoms with E-state index in [1.807, 2.05) is 6.07 Å². The van der Waals surface area contributed by atoms with E-state index in [0.29, 0.717) is 12.1 Å². The maximum Gasteiger partial charge on any atom is 0.251 e. The highest BCUT2D eigenvalue weighted by Crippen LogP contribution is 2.31. The highest BCUT2D eigenvalue weighted by molar-refractivity contribution is 7.89. The highest BCUT2D eigenvalue weighted by atomic mass is 32.2. The van der Waals surface area contributed by atoms with Crippen molar-refractivity contribution in [1.82, 2.24) is 10.0 Å². The molecule has 0 heterocycles. The van der Waals surface area contributed by atoms with Gasteiger partial charge in [0.1, 0.15) is 0 Å². The summed E-state index contributed by atoms with van der Waals surface area (Å²) in [6.07, 6.45) is 3.22. The van der Waals surface area contributed by atoms with Crippen LogP contribution in [-0.2, 0) is 21.2 Å². The summed E-state index contributed by atoms with van der Waals surface area (Å²) in [5.41, 5.74) is 3.77. The Morgan fingerprint density at radius 1 is 1.21 bits per heavy atom. The van der Waals surface area contributed by atoms with E-state index in [1.165, 1.54) is 30.4 Å². The van der Waals surface area contributed by atoms with Crippen LogP contribution >= 0.6 is 0 Å². The Morgan fingerprint density at radius 3 is 2.79 bits per heavy atom. The number of nitrogens with one attached hydrogen (secondary N) is 2. The minimum atomic E-state index is -3.69. The van der Waals surface area contributed by atoms with E-state index >= 15 is 0 Å². The molecule has 0 saturated carbocycles. The first kappa shape index (κ1) is 21.5. The molecule has 0 bridgehead atoms. The number of amides is 1. The van der Waals surface area contributed by atoms with Crippen molar-refractivity contribution in [3.63, 3.8) is 0 Å². The molecule has 0 aliphatic heterocycles. The molecule has 6 nitrogen and oxygen atoms in total. The van der Waals surface area contributed by atoms with Crippen molar-refractivity contribution in [2.45, 2.75) is 37.0 Å². The van der Waals surface area contributed by atoms with Crippen LogP contribution in [0.5, 0.6) is 0 Å². The van der Waals surface area contributed by atoms with Crippen LogP contribution in [0.25, 0.3) is 0 Å². The van der Waals surface area contributed by atoms with Crippen molar-refractivity contribution in [2.24, 2.45) is 0 Å². The van der Waals surface area contributed by atoms with Crippen molar-refractivity contribution in [2.75, 3.05) is 26.8 Å². The first-order chi connectivity index (χ1) is 13.9. The second kappa shape index (κ2) is 9.52. The van der Waals surface area contributed by atoms with Gasteiger partial charge in [-0.05, 0) is 55.0 Å². The second-order valence-electron chi connectivity index (χ2n) is 7.37. The second-order valence-corrected chi connectivity index (χ2v) is 9.13. The van der Waals surface area contributed by atoms with Gasteiger partial charge in [0, 0.05) is 31.7 Å². The monoisotopic (exact) mass is 416 g/mol. The third-order valence-corrected chi connectivity index (χ3v) is 6.82. The van der Waals surface area contributed by atoms with E-state index in [4.69, 9.17) is 4.74 Å². The van der Waals surface area contributed by atoms with E-state index in [0.717, 1.165) is 24.8 Å². The molecule has 3 rings (SSSR count). The zero-order valence-corrected chi connectivity index (χ0v) is 17.7. The SMILES string of the molecule is COCCNS(=O)(=O)c1ccc(C)c(C(=O)NCC2CCCc3ccccc32)c1. The predicted molar refractivity (Wildman–Crippen MR) is 113 cm³/mol. The molecule has 7 heteroatoms. The van der Waals surface area contributed by atoms with Crippen molar-refractivity contribution < 1.29 is 17.9 Å². The summed E-state index contributed by atoms with van der Waals surface area (Å²) in [5, 5.41) is 3.01. The number of aryl methyl sites for hydroxylation is 2. The van der Waals surface area contributed by atoms with E-state index < -0.39 is 10.0 Å². The van der Waals surface area contributed by atoms with Gasteiger partial charge in [-0.1, -0.05) is 30.3 Å². The summed E-state index contributed by atoms with van der Waals surface area (Å²) in [7, 11) is -2.18. The Hall–Kier alpha value is -2.22. The molecule has 1 aliphatic carbocycles. The van der Waals surface area contributed by atoms with Gasteiger partial charge in [-0.15, -0.1) is 0 Å². The van der Waals surface area contributed by atoms with Crippen LogP contribution in [0.3, 0.4) is 0 Å². The van der Waals surface area contributed by atoms with Gasteiger partial charge in [0.15, 0.2) is 0 Å². The minimum Gasteiger partial charge on any atom is -0.383 e. The summed E-state index contributed by atoms with van der Waals surface area (Å²) < 4.78 is 32.2. The van der Waals surface area contributed by atoms with Gasteiger partial charge < -0.3 is 10.1 Å². The Kier molecular flexibility index (Phi) is 7.05. The van der Waals surface area contributed by atoms with Crippen LogP contribution in [0.4, 0.5) is 0 Å². The average Bonchev–Trinajstić information content (AvgIpc) is 2.72. The molecule has 0 saturated heterocycles. The fraction of sp³-hybridized carbons (Fsp3) is 0.409. The average molecular weight is 417 g/mol. The zero-order valence-electron chi connectivity index (χ0n) is 16.9. The van der Waals surface area contributed by atoms with Crippen molar-refractivity contribution in [3.8, 4) is 0 Å². The third-order valence-electron chi connectivity index (χ3n) is 5.36. The molecule has 2 N–H and O–H groups in total. The molecule has 0 radical (unpaired) electrons. The van der Waals surface area contributed by atoms with E-state index in [9.17, 15) is 13.2 Å². The number of fused-ring (bicyclic) bond motifs is 1. The quantitative estimate of drug-likeness (QED) is 0.648. The molecular weight excluding hydrogens is 388 g/mol. The molecule has 1 amide bonds. The normalized spacial score (nSPS) is 16.3. The molecule has 0 spiro atoms. The number of rotatable bonds is 8. The van der Waals surface area contributed by atoms with Gasteiger partial charge in [-0.3, -0.25) is 4.79 Å². The Bertz CT molecular complexity index is 973. The Labute approximate surface area is 172 Å². The topological polar surface area (TPSA) is 84.5 Å². The number of hydrogen-bond donors (Lipinski definition) is 2. The fourth-order valence-corrected chi connectivity index (χ4v) is 4.79. The Balaban J connectivity index is 1.71. The summed E-state index contributed by atoms with van der Waals surface area (Å²) in [4.78, 5) is 12.9. The van der Waals surface area contributed by atoms with Crippen LogP contribution in [0.15, 0.2) is 47.4 Å². The smallest absolute Gasteiger partial charge is 0.251 e. The number of methoxy groups -OCH3 is 1. The molecule has 1 atom stereocenters. The van der Waals surface area contributed by atoms with E-state index in [2.05, 4.69) is 28.2 Å². The third kappa shape index (κ3) is 5.23. The van der Waals surface area contributed by atoms with Crippen molar-refractivity contribution in [1.29, 1.82) is 0 Å². The molecular formula is C22H28N2O4S. The lowest BCUT2D eigenvalue weighted by Gasteiger charge is -2.25. The van der Waals surface area contributed by atoms with E-state index in [-0.39, 0.29) is 29.9 Å². The standard InChI is InChI=1S/C22H28N2O4S/c1-16-10-11-19(29(26,27)24-12-13-28-2)14-21(16)22(25)23-15-18-8-5-7-17-6-3-4-9-20(17)18/h3-4,6,9-11,14,18,24H,5,7-8,12-13,15H2,1-2H3,(H,23,25). The van der Waals surface area contributed by atoms with Gasteiger partial charge in [0.05, 0.1) is 11.5 Å². The van der Waals surface area contributed by atoms with Gasteiger partial charge >= 0.3 is 0 Å². The van der Waals surface area contributed by atoms with Crippen molar-refractivity contribution in [3.05, 3.63) is 64.7 Å². The lowest BCUT2D eigenvalue weighted by molar-refractivity contribution is 0.0949. The Morgan fingerprint density at radius 2 is 2.00 bits per heavy atom. The first-order valence-electron chi connectivity index (χ1n) is 9.87. The molecule has 29 heavy (non-hydrogen) atoms. The molecule has 1 aliphatic rings. The number of benzene rings is 2. The molecule has 2 aromatic carbocycles. The maximum atomic E-state index is 12.8. The van der Waals surface area contributed by atoms with Gasteiger partial charge in [-0.2, -0.15) is 0 Å². The molecule has 156 valence electrons. The number of sulfonamides is 1. The lowest BCUT2D eigenvalue weighted by atomic mass is 9.83. The summed E-state index contributed by atoms with van der Waals surface area (Å²) in [6, 6.07) is 13.0. The van der Waals surface area contributed by atoms with Crippen LogP contribution in [0.2, 0.25) is 0 Å². The molecule has 1 unspecified atom stereocenters. The highest BCUT2D eigenvalue weighted by Gasteiger charge is 2.22. The summed E-state index contributed by atoms with van der Waals surface area (Å²) in [6.45, 7) is 2.80. The number of hydrogen-bond acceptors (Lipinski definition) is 4. The van der Waals surface area contributed by atoms with Crippen molar-refractivity contribution >= 4 is 15.9 Å². The van der Waals surface area contributed by atoms with Gasteiger partial charge in [0.25, 0.3) is 5.91 Å². The minimum absolute atomic E-state index is 0.0763. The van der Waals surface area contributed by atoms with Crippen LogP contribution < -0.4 is 10.0 Å². The zero-order chi connectivity index (χ0) is 20.9. The lowest BCUT2D eigenvalue weighted by Crippen LogP contribution is -2.31. The predicted octanol–water partition coefficient (Wildman–Crippen LogP) is 2.77. The largest absolute Gasteiger partial charge is 0.383 e. The summed E-state index contributed by atoms with van der Waals surface area (Å²) >= 11 is 0. The number of ether oxygens (including phenoxy) is 1. The fourth-order valence-electron chi connectivity index (χ4n) is 3.75. The van der Waals surface area contributed by atoms with Crippen LogP contribution in [0, 0.1) is 6.92 Å².